The highest BCUT2D eigenvalue weighted by molar-refractivity contribution is 5.77. The number of benzene rings is 1. The molecule has 1 atom stereocenters. The zero-order valence-corrected chi connectivity index (χ0v) is 9.48. The van der Waals surface area contributed by atoms with E-state index in [0.717, 1.165) is 5.56 Å². The van der Waals surface area contributed by atoms with Crippen LogP contribution in [0.2, 0.25) is 0 Å². The third-order valence-electron chi connectivity index (χ3n) is 2.86. The second-order valence-electron chi connectivity index (χ2n) is 4.17. The van der Waals surface area contributed by atoms with Crippen LogP contribution < -0.4 is 5.73 Å². The monoisotopic (exact) mass is 219 g/mol. The molecule has 0 radical (unpaired) electrons. The van der Waals surface area contributed by atoms with Crippen LogP contribution in [-0.2, 0) is 9.53 Å². The molecule has 2 rings (SSSR count). The van der Waals surface area contributed by atoms with Crippen LogP contribution >= 0.6 is 0 Å². The molecule has 0 bridgehead atoms. The van der Waals surface area contributed by atoms with Crippen LogP contribution in [0.3, 0.4) is 0 Å². The lowest BCUT2D eigenvalue weighted by Crippen LogP contribution is -2.23. The first-order chi connectivity index (χ1) is 7.72. The number of ether oxygens (including phenoxy) is 1. The number of carbonyl (C=O) groups is 1. The Morgan fingerprint density at radius 3 is 2.94 bits per heavy atom. The van der Waals surface area contributed by atoms with Crippen molar-refractivity contribution in [1.82, 2.24) is 0 Å². The van der Waals surface area contributed by atoms with Gasteiger partial charge in [-0.25, -0.2) is 4.79 Å². The van der Waals surface area contributed by atoms with Crippen LogP contribution in [0.25, 0.3) is 0 Å². The van der Waals surface area contributed by atoms with E-state index in [-0.39, 0.29) is 5.97 Å². The third kappa shape index (κ3) is 2.42. The minimum absolute atomic E-state index is 0.351. The summed E-state index contributed by atoms with van der Waals surface area (Å²) in [6.45, 7) is 2.15. The van der Waals surface area contributed by atoms with Gasteiger partial charge < -0.3 is 10.5 Å². The van der Waals surface area contributed by atoms with Crippen molar-refractivity contribution >= 4 is 5.97 Å². The molecule has 0 saturated heterocycles. The summed E-state index contributed by atoms with van der Waals surface area (Å²) in [6.07, 6.45) is 2.50. The smallest absolute Gasteiger partial charge is 0.327 e. The van der Waals surface area contributed by atoms with Gasteiger partial charge in [-0.2, -0.15) is 0 Å². The van der Waals surface area contributed by atoms with Crippen molar-refractivity contribution in [3.8, 4) is 0 Å². The molecule has 1 aliphatic rings. The van der Waals surface area contributed by atoms with Gasteiger partial charge in [0.25, 0.3) is 0 Å². The van der Waals surface area contributed by atoms with Crippen LogP contribution in [0.1, 0.15) is 42.9 Å². The summed E-state index contributed by atoms with van der Waals surface area (Å²) in [5.74, 6) is 0.324. The van der Waals surface area contributed by atoms with E-state index in [2.05, 4.69) is 6.07 Å². The lowest BCUT2D eigenvalue weighted by molar-refractivity contribution is -0.144. The Balaban J connectivity index is 2.12. The van der Waals surface area contributed by atoms with Gasteiger partial charge in [0.1, 0.15) is 6.04 Å². The molecule has 0 amide bonds. The van der Waals surface area contributed by atoms with Crippen molar-refractivity contribution in [3.63, 3.8) is 0 Å². The van der Waals surface area contributed by atoms with E-state index in [0.29, 0.717) is 12.5 Å². The van der Waals surface area contributed by atoms with Crippen LogP contribution in [0, 0.1) is 0 Å². The zero-order valence-electron chi connectivity index (χ0n) is 9.48. The van der Waals surface area contributed by atoms with Gasteiger partial charge in [-0.15, -0.1) is 0 Å². The van der Waals surface area contributed by atoms with E-state index in [1.54, 1.807) is 6.92 Å². The standard InChI is InChI=1S/C13H17NO2/c1-2-16-13(15)12(14)11-5-3-4-10(8-11)9-6-7-9/h3-5,8-9,12H,2,6-7,14H2,1H3. The van der Waals surface area contributed by atoms with Crippen molar-refractivity contribution in [2.24, 2.45) is 5.73 Å². The summed E-state index contributed by atoms with van der Waals surface area (Å²) in [4.78, 5) is 11.5. The second kappa shape index (κ2) is 4.66. The molecule has 1 unspecified atom stereocenters. The molecule has 1 aromatic carbocycles. The Labute approximate surface area is 95.6 Å². The normalized spacial score (nSPS) is 16.9. The molecular formula is C13H17NO2. The maximum Gasteiger partial charge on any atom is 0.327 e. The molecule has 3 heteroatoms. The van der Waals surface area contributed by atoms with Crippen LogP contribution in [0.15, 0.2) is 24.3 Å². The Kier molecular flexibility index (Phi) is 3.25. The fourth-order valence-electron chi connectivity index (χ4n) is 1.79. The minimum atomic E-state index is -0.654. The molecular weight excluding hydrogens is 202 g/mol. The molecule has 1 saturated carbocycles. The second-order valence-corrected chi connectivity index (χ2v) is 4.17. The van der Waals surface area contributed by atoms with Gasteiger partial charge in [-0.05, 0) is 36.8 Å². The number of hydrogen-bond acceptors (Lipinski definition) is 3. The van der Waals surface area contributed by atoms with E-state index in [4.69, 9.17) is 10.5 Å². The first kappa shape index (κ1) is 11.1. The molecule has 86 valence electrons. The van der Waals surface area contributed by atoms with Crippen molar-refractivity contribution in [1.29, 1.82) is 0 Å². The number of hydrogen-bond donors (Lipinski definition) is 1. The Morgan fingerprint density at radius 2 is 2.31 bits per heavy atom. The lowest BCUT2D eigenvalue weighted by Gasteiger charge is -2.11. The van der Waals surface area contributed by atoms with Crippen molar-refractivity contribution in [3.05, 3.63) is 35.4 Å². The molecule has 1 aliphatic carbocycles. The highest BCUT2D eigenvalue weighted by Crippen LogP contribution is 2.40. The molecule has 3 nitrogen and oxygen atoms in total. The Bertz CT molecular complexity index is 385. The van der Waals surface area contributed by atoms with Crippen LogP contribution in [-0.4, -0.2) is 12.6 Å². The molecule has 0 aliphatic heterocycles. The lowest BCUT2D eigenvalue weighted by atomic mass is 10.0. The fraction of sp³-hybridized carbons (Fsp3) is 0.462. The molecule has 0 aromatic heterocycles. The van der Waals surface area contributed by atoms with E-state index in [1.807, 2.05) is 18.2 Å². The van der Waals surface area contributed by atoms with Gasteiger partial charge in [0.15, 0.2) is 0 Å². The minimum Gasteiger partial charge on any atom is -0.465 e. The zero-order chi connectivity index (χ0) is 11.5. The highest BCUT2D eigenvalue weighted by atomic mass is 16.5. The molecule has 0 heterocycles. The Hall–Kier alpha value is -1.35. The quantitative estimate of drug-likeness (QED) is 0.789. The van der Waals surface area contributed by atoms with Crippen molar-refractivity contribution < 1.29 is 9.53 Å². The van der Waals surface area contributed by atoms with Gasteiger partial charge in [0, 0.05) is 0 Å². The van der Waals surface area contributed by atoms with Gasteiger partial charge in [-0.3, -0.25) is 0 Å². The average Bonchev–Trinajstić information content (AvgIpc) is 3.12. The molecule has 1 aromatic rings. The molecule has 1 fully saturated rings. The fourth-order valence-corrected chi connectivity index (χ4v) is 1.79. The van der Waals surface area contributed by atoms with E-state index < -0.39 is 6.04 Å². The SMILES string of the molecule is CCOC(=O)C(N)c1cccc(C2CC2)c1. The Morgan fingerprint density at radius 1 is 1.56 bits per heavy atom. The van der Waals surface area contributed by atoms with E-state index in [9.17, 15) is 4.79 Å². The molecule has 0 spiro atoms. The summed E-state index contributed by atoms with van der Waals surface area (Å²) in [6, 6.07) is 7.31. The third-order valence-corrected chi connectivity index (χ3v) is 2.86. The topological polar surface area (TPSA) is 52.3 Å². The summed E-state index contributed by atoms with van der Waals surface area (Å²) >= 11 is 0. The summed E-state index contributed by atoms with van der Waals surface area (Å²) < 4.78 is 4.91. The summed E-state index contributed by atoms with van der Waals surface area (Å²) in [5, 5.41) is 0. The maximum absolute atomic E-state index is 11.5. The van der Waals surface area contributed by atoms with E-state index in [1.165, 1.54) is 18.4 Å². The number of esters is 1. The summed E-state index contributed by atoms with van der Waals surface area (Å²) in [5.41, 5.74) is 7.98. The predicted molar refractivity (Wildman–Crippen MR) is 62.0 cm³/mol. The van der Waals surface area contributed by atoms with Gasteiger partial charge in [0.05, 0.1) is 6.61 Å². The van der Waals surface area contributed by atoms with Crippen LogP contribution in [0.4, 0.5) is 0 Å². The van der Waals surface area contributed by atoms with Crippen LogP contribution in [0.5, 0.6) is 0 Å². The highest BCUT2D eigenvalue weighted by Gasteiger charge is 2.25. The first-order valence-electron chi connectivity index (χ1n) is 5.74. The largest absolute Gasteiger partial charge is 0.465 e. The molecule has 16 heavy (non-hydrogen) atoms. The number of nitrogens with two attached hydrogens (primary N) is 1. The van der Waals surface area contributed by atoms with Gasteiger partial charge in [-0.1, -0.05) is 24.3 Å². The van der Waals surface area contributed by atoms with E-state index >= 15 is 0 Å². The number of rotatable bonds is 4. The van der Waals surface area contributed by atoms with Gasteiger partial charge in [0.2, 0.25) is 0 Å². The van der Waals surface area contributed by atoms with Crippen molar-refractivity contribution in [2.45, 2.75) is 31.7 Å². The maximum atomic E-state index is 11.5. The van der Waals surface area contributed by atoms with Gasteiger partial charge >= 0.3 is 5.97 Å². The molecule has 2 N–H and O–H groups in total. The number of carbonyl (C=O) groups excluding carboxylic acids is 1. The average molecular weight is 219 g/mol. The predicted octanol–water partition coefficient (Wildman–Crippen LogP) is 2.13. The first-order valence-corrected chi connectivity index (χ1v) is 5.74. The van der Waals surface area contributed by atoms with Crippen molar-refractivity contribution in [2.75, 3.05) is 6.61 Å². The summed E-state index contributed by atoms with van der Waals surface area (Å²) in [7, 11) is 0.